The predicted octanol–water partition coefficient (Wildman–Crippen LogP) is 2.12. The third-order valence-corrected chi connectivity index (χ3v) is 4.62. The van der Waals surface area contributed by atoms with E-state index in [-0.39, 0.29) is 5.69 Å². The molecule has 8 heteroatoms. The fourth-order valence-corrected chi connectivity index (χ4v) is 3.47. The molecule has 0 spiro atoms. The summed E-state index contributed by atoms with van der Waals surface area (Å²) in [4.78, 5) is 18.4. The maximum absolute atomic E-state index is 11.7. The Morgan fingerprint density at radius 1 is 1.20 bits per heavy atom. The molecule has 1 fully saturated rings. The normalized spacial score (nSPS) is 14.8. The third kappa shape index (κ3) is 2.98. The summed E-state index contributed by atoms with van der Waals surface area (Å²) < 4.78 is 8.00. The number of primary amides is 1. The third-order valence-electron chi connectivity index (χ3n) is 4.16. The molecule has 0 saturated carbocycles. The number of carbonyl (C=O) groups is 1. The van der Waals surface area contributed by atoms with E-state index in [2.05, 4.69) is 37.0 Å². The number of fused-ring (bicyclic) bond motifs is 1. The zero-order chi connectivity index (χ0) is 17.4. The van der Waals surface area contributed by atoms with Crippen molar-refractivity contribution < 1.29 is 9.53 Å². The summed E-state index contributed by atoms with van der Waals surface area (Å²) in [6.07, 6.45) is 1.67. The van der Waals surface area contributed by atoms with Crippen LogP contribution in [0.4, 0.5) is 5.69 Å². The van der Waals surface area contributed by atoms with Gasteiger partial charge >= 0.3 is 0 Å². The highest BCUT2D eigenvalue weighted by Crippen LogP contribution is 2.28. The van der Waals surface area contributed by atoms with Gasteiger partial charge in [0.1, 0.15) is 0 Å². The van der Waals surface area contributed by atoms with Gasteiger partial charge in [-0.15, -0.1) is 0 Å². The standard InChI is InChI=1S/C17H16BrN5O2/c18-11-8-12(22-4-6-25-7-5-22)10-13(9-11)23-17-14(2-1-3-20-17)15(21-23)16(19)24/h1-3,8-10H,4-7H2,(H2,19,24). The van der Waals surface area contributed by atoms with Crippen LogP contribution in [0.2, 0.25) is 0 Å². The molecule has 0 bridgehead atoms. The first-order valence-electron chi connectivity index (χ1n) is 7.91. The Morgan fingerprint density at radius 2 is 1.96 bits per heavy atom. The summed E-state index contributed by atoms with van der Waals surface area (Å²) in [6.45, 7) is 3.08. The second kappa shape index (κ2) is 6.45. The Morgan fingerprint density at radius 3 is 2.72 bits per heavy atom. The Bertz CT molecular complexity index is 949. The SMILES string of the molecule is NC(=O)c1nn(-c2cc(Br)cc(N3CCOCC3)c2)c2ncccc12. The molecule has 7 nitrogen and oxygen atoms in total. The molecule has 128 valence electrons. The molecule has 1 aliphatic rings. The Hall–Kier alpha value is -2.45. The molecule has 0 atom stereocenters. The number of benzene rings is 1. The zero-order valence-electron chi connectivity index (χ0n) is 13.4. The number of ether oxygens (including phenoxy) is 1. The number of pyridine rings is 1. The van der Waals surface area contributed by atoms with Crippen molar-refractivity contribution in [1.82, 2.24) is 14.8 Å². The van der Waals surface area contributed by atoms with E-state index in [1.165, 1.54) is 0 Å². The van der Waals surface area contributed by atoms with Crippen LogP contribution in [0.5, 0.6) is 0 Å². The van der Waals surface area contributed by atoms with Crippen LogP contribution in [0, 0.1) is 0 Å². The van der Waals surface area contributed by atoms with Crippen molar-refractivity contribution in [2.24, 2.45) is 5.73 Å². The topological polar surface area (TPSA) is 86.3 Å². The van der Waals surface area contributed by atoms with Crippen LogP contribution in [0.25, 0.3) is 16.7 Å². The van der Waals surface area contributed by atoms with E-state index in [0.29, 0.717) is 24.2 Å². The molecule has 3 aromatic rings. The van der Waals surface area contributed by atoms with E-state index in [1.54, 1.807) is 23.0 Å². The number of nitrogens with zero attached hydrogens (tertiary/aromatic N) is 4. The van der Waals surface area contributed by atoms with Crippen molar-refractivity contribution in [3.05, 3.63) is 46.7 Å². The van der Waals surface area contributed by atoms with Crippen molar-refractivity contribution >= 4 is 38.6 Å². The summed E-state index contributed by atoms with van der Waals surface area (Å²) in [6, 6.07) is 9.59. The van der Waals surface area contributed by atoms with Crippen LogP contribution in [0.3, 0.4) is 0 Å². The van der Waals surface area contributed by atoms with Gasteiger partial charge in [0, 0.05) is 29.4 Å². The molecule has 0 unspecified atom stereocenters. The maximum Gasteiger partial charge on any atom is 0.269 e. The molecule has 1 aliphatic heterocycles. The first-order valence-corrected chi connectivity index (χ1v) is 8.70. The lowest BCUT2D eigenvalue weighted by molar-refractivity contribution is 0.0996. The first-order chi connectivity index (χ1) is 12.1. The summed E-state index contributed by atoms with van der Waals surface area (Å²) in [5.41, 5.74) is 8.17. The highest BCUT2D eigenvalue weighted by molar-refractivity contribution is 9.10. The number of rotatable bonds is 3. The van der Waals surface area contributed by atoms with E-state index >= 15 is 0 Å². The summed E-state index contributed by atoms with van der Waals surface area (Å²) in [7, 11) is 0. The second-order valence-electron chi connectivity index (χ2n) is 5.77. The quantitative estimate of drug-likeness (QED) is 0.726. The number of halogens is 1. The van der Waals surface area contributed by atoms with Gasteiger partial charge in [0.05, 0.1) is 24.3 Å². The molecule has 1 saturated heterocycles. The van der Waals surface area contributed by atoms with Crippen LogP contribution in [0.15, 0.2) is 41.0 Å². The van der Waals surface area contributed by atoms with Gasteiger partial charge in [-0.2, -0.15) is 5.10 Å². The number of amides is 1. The highest BCUT2D eigenvalue weighted by atomic mass is 79.9. The van der Waals surface area contributed by atoms with E-state index in [0.717, 1.165) is 28.9 Å². The van der Waals surface area contributed by atoms with Gasteiger partial charge in [-0.25, -0.2) is 9.67 Å². The van der Waals surface area contributed by atoms with Gasteiger partial charge in [0.25, 0.3) is 5.91 Å². The van der Waals surface area contributed by atoms with Gasteiger partial charge < -0.3 is 15.4 Å². The number of morpholine rings is 1. The van der Waals surface area contributed by atoms with Crippen molar-refractivity contribution in [2.45, 2.75) is 0 Å². The van der Waals surface area contributed by atoms with Crippen LogP contribution < -0.4 is 10.6 Å². The Balaban J connectivity index is 1.86. The zero-order valence-corrected chi connectivity index (χ0v) is 14.9. The molecule has 1 aromatic carbocycles. The van der Waals surface area contributed by atoms with Crippen molar-refractivity contribution in [3.63, 3.8) is 0 Å². The monoisotopic (exact) mass is 401 g/mol. The summed E-state index contributed by atoms with van der Waals surface area (Å²) in [5, 5.41) is 5.04. The molecular formula is C17H16BrN5O2. The van der Waals surface area contributed by atoms with Crippen LogP contribution >= 0.6 is 15.9 Å². The summed E-state index contributed by atoms with van der Waals surface area (Å²) in [5.74, 6) is -0.569. The van der Waals surface area contributed by atoms with Crippen molar-refractivity contribution in [1.29, 1.82) is 0 Å². The molecule has 4 rings (SSSR count). The molecule has 1 amide bonds. The molecule has 2 N–H and O–H groups in total. The van der Waals surface area contributed by atoms with Gasteiger partial charge in [-0.3, -0.25) is 4.79 Å². The average molecular weight is 402 g/mol. The van der Waals surface area contributed by atoms with Crippen molar-refractivity contribution in [3.8, 4) is 5.69 Å². The second-order valence-corrected chi connectivity index (χ2v) is 6.68. The van der Waals surface area contributed by atoms with Gasteiger partial charge in [-0.05, 0) is 30.3 Å². The largest absolute Gasteiger partial charge is 0.378 e. The number of aromatic nitrogens is 3. The molecule has 2 aromatic heterocycles. The number of carbonyl (C=O) groups excluding carboxylic acids is 1. The van der Waals surface area contributed by atoms with Crippen LogP contribution in [0.1, 0.15) is 10.5 Å². The van der Waals surface area contributed by atoms with Gasteiger partial charge in [0.2, 0.25) is 0 Å². The molecular weight excluding hydrogens is 386 g/mol. The van der Waals surface area contributed by atoms with Crippen molar-refractivity contribution in [2.75, 3.05) is 31.2 Å². The van der Waals surface area contributed by atoms with Crippen LogP contribution in [-0.2, 0) is 4.74 Å². The van der Waals surface area contributed by atoms with E-state index in [1.807, 2.05) is 12.1 Å². The minimum Gasteiger partial charge on any atom is -0.378 e. The smallest absolute Gasteiger partial charge is 0.269 e. The van der Waals surface area contributed by atoms with Gasteiger partial charge in [-0.1, -0.05) is 15.9 Å². The van der Waals surface area contributed by atoms with E-state index < -0.39 is 5.91 Å². The summed E-state index contributed by atoms with van der Waals surface area (Å²) >= 11 is 3.57. The average Bonchev–Trinajstić information content (AvgIpc) is 3.02. The maximum atomic E-state index is 11.7. The Labute approximate surface area is 152 Å². The number of hydrogen-bond donors (Lipinski definition) is 1. The fourth-order valence-electron chi connectivity index (χ4n) is 3.00. The minimum atomic E-state index is -0.569. The highest BCUT2D eigenvalue weighted by Gasteiger charge is 2.18. The Kier molecular flexibility index (Phi) is 4.14. The number of nitrogens with two attached hydrogens (primary N) is 1. The molecule has 0 aliphatic carbocycles. The molecule has 25 heavy (non-hydrogen) atoms. The predicted molar refractivity (Wildman–Crippen MR) is 98.1 cm³/mol. The number of anilines is 1. The van der Waals surface area contributed by atoms with Gasteiger partial charge in [0.15, 0.2) is 11.3 Å². The van der Waals surface area contributed by atoms with E-state index in [4.69, 9.17) is 10.5 Å². The molecule has 0 radical (unpaired) electrons. The fraction of sp³-hybridized carbons (Fsp3) is 0.235. The number of hydrogen-bond acceptors (Lipinski definition) is 5. The lowest BCUT2D eigenvalue weighted by Gasteiger charge is -2.29. The first kappa shape index (κ1) is 16.0. The van der Waals surface area contributed by atoms with E-state index in [9.17, 15) is 4.79 Å². The lowest BCUT2D eigenvalue weighted by atomic mass is 10.2. The van der Waals surface area contributed by atoms with Crippen LogP contribution in [-0.4, -0.2) is 47.0 Å². The lowest BCUT2D eigenvalue weighted by Crippen LogP contribution is -2.36. The molecule has 3 heterocycles. The minimum absolute atomic E-state index is 0.219.